The standard InChI is InChI=1S/C22H29N3O2.H2/c1-3-4-7-20(26)8-5-6-9-21-14-22(25-27-21)18-12-10-17(11-13-18)19(15-23)16-24-2;/h10-16H,3-9,23H2,1-2H3;1H/b19-15+,24-16?;. The van der Waals surface area contributed by atoms with E-state index in [4.69, 9.17) is 10.3 Å². The van der Waals surface area contributed by atoms with Crippen molar-refractivity contribution in [2.24, 2.45) is 10.7 Å². The predicted molar refractivity (Wildman–Crippen MR) is 113 cm³/mol. The Morgan fingerprint density at radius 2 is 1.96 bits per heavy atom. The number of hydrogen-bond donors (Lipinski definition) is 1. The van der Waals surface area contributed by atoms with Crippen molar-refractivity contribution in [3.8, 4) is 11.3 Å². The van der Waals surface area contributed by atoms with Gasteiger partial charge in [-0.2, -0.15) is 0 Å². The number of ketones is 1. The highest BCUT2D eigenvalue weighted by Gasteiger charge is 2.08. The highest BCUT2D eigenvalue weighted by atomic mass is 16.5. The molecule has 0 atom stereocenters. The third-order valence-electron chi connectivity index (χ3n) is 4.46. The van der Waals surface area contributed by atoms with Crippen LogP contribution in [-0.2, 0) is 11.2 Å². The third kappa shape index (κ3) is 6.51. The molecule has 0 spiro atoms. The molecule has 0 aliphatic rings. The fourth-order valence-corrected chi connectivity index (χ4v) is 2.87. The van der Waals surface area contributed by atoms with E-state index in [0.717, 1.165) is 60.3 Å². The maximum Gasteiger partial charge on any atom is 0.137 e. The van der Waals surface area contributed by atoms with Crippen LogP contribution < -0.4 is 5.73 Å². The van der Waals surface area contributed by atoms with Gasteiger partial charge in [-0.15, -0.1) is 0 Å². The molecule has 27 heavy (non-hydrogen) atoms. The van der Waals surface area contributed by atoms with E-state index in [2.05, 4.69) is 17.1 Å². The molecular formula is C22H31N3O2. The lowest BCUT2D eigenvalue weighted by Crippen LogP contribution is -1.97. The van der Waals surface area contributed by atoms with E-state index in [9.17, 15) is 4.79 Å². The molecule has 0 saturated carbocycles. The summed E-state index contributed by atoms with van der Waals surface area (Å²) in [6, 6.07) is 9.95. The second kappa shape index (κ2) is 11.1. The lowest BCUT2D eigenvalue weighted by atomic mass is 10.0. The van der Waals surface area contributed by atoms with E-state index in [0.29, 0.717) is 18.6 Å². The van der Waals surface area contributed by atoms with Crippen molar-refractivity contribution in [2.45, 2.75) is 51.9 Å². The molecule has 5 heteroatoms. The van der Waals surface area contributed by atoms with Crippen LogP contribution in [0.5, 0.6) is 0 Å². The summed E-state index contributed by atoms with van der Waals surface area (Å²) in [5, 5.41) is 4.16. The summed E-state index contributed by atoms with van der Waals surface area (Å²) in [5.41, 5.74) is 9.33. The molecule has 0 amide bonds. The Hall–Kier alpha value is -2.69. The smallest absolute Gasteiger partial charge is 0.137 e. The lowest BCUT2D eigenvalue weighted by molar-refractivity contribution is -0.119. The maximum atomic E-state index is 11.7. The first-order valence-corrected chi connectivity index (χ1v) is 9.60. The van der Waals surface area contributed by atoms with E-state index >= 15 is 0 Å². The average molecular weight is 370 g/mol. The first kappa shape index (κ1) is 20.6. The van der Waals surface area contributed by atoms with Gasteiger partial charge in [0.05, 0.1) is 0 Å². The van der Waals surface area contributed by atoms with E-state index < -0.39 is 0 Å². The van der Waals surface area contributed by atoms with Crippen LogP contribution in [0.4, 0.5) is 0 Å². The Labute approximate surface area is 162 Å². The number of aliphatic imine (C=N–C) groups is 1. The predicted octanol–water partition coefficient (Wildman–Crippen LogP) is 5.06. The minimum absolute atomic E-state index is 0. The van der Waals surface area contributed by atoms with Crippen LogP contribution in [0, 0.1) is 0 Å². The molecule has 0 fully saturated rings. The van der Waals surface area contributed by atoms with Crippen LogP contribution in [-0.4, -0.2) is 24.2 Å². The van der Waals surface area contributed by atoms with E-state index in [-0.39, 0.29) is 1.43 Å². The molecule has 146 valence electrons. The van der Waals surface area contributed by atoms with Gasteiger partial charge in [0.15, 0.2) is 0 Å². The Kier molecular flexibility index (Phi) is 8.49. The van der Waals surface area contributed by atoms with Crippen LogP contribution in [0.15, 0.2) is 46.0 Å². The van der Waals surface area contributed by atoms with Gasteiger partial charge < -0.3 is 10.3 Å². The molecule has 1 aromatic carbocycles. The fraction of sp³-hybridized carbons (Fsp3) is 0.409. The zero-order valence-electron chi connectivity index (χ0n) is 16.3. The molecule has 1 heterocycles. The van der Waals surface area contributed by atoms with Gasteiger partial charge in [-0.3, -0.25) is 9.79 Å². The summed E-state index contributed by atoms with van der Waals surface area (Å²) in [6.45, 7) is 2.11. The Balaban J connectivity index is 0.00000392. The second-order valence-electron chi connectivity index (χ2n) is 6.61. The van der Waals surface area contributed by atoms with Gasteiger partial charge in [-0.05, 0) is 24.8 Å². The molecule has 0 aliphatic heterocycles. The molecular weight excluding hydrogens is 338 g/mol. The second-order valence-corrected chi connectivity index (χ2v) is 6.61. The number of Topliss-reactive ketones (excluding diaryl/α,β-unsaturated/α-hetero) is 1. The van der Waals surface area contributed by atoms with Crippen molar-refractivity contribution < 1.29 is 10.7 Å². The minimum atomic E-state index is 0. The summed E-state index contributed by atoms with van der Waals surface area (Å²) in [5.74, 6) is 1.23. The largest absolute Gasteiger partial charge is 0.404 e. The third-order valence-corrected chi connectivity index (χ3v) is 4.46. The molecule has 5 nitrogen and oxygen atoms in total. The van der Waals surface area contributed by atoms with Gasteiger partial charge in [0.2, 0.25) is 0 Å². The molecule has 0 bridgehead atoms. The normalized spacial score (nSPS) is 12.0. The van der Waals surface area contributed by atoms with Crippen molar-refractivity contribution in [1.29, 1.82) is 0 Å². The van der Waals surface area contributed by atoms with Crippen molar-refractivity contribution in [3.05, 3.63) is 47.9 Å². The lowest BCUT2D eigenvalue weighted by Gasteiger charge is -2.02. The summed E-state index contributed by atoms with van der Waals surface area (Å²) < 4.78 is 5.44. The van der Waals surface area contributed by atoms with Crippen LogP contribution in [0.1, 0.15) is 58.2 Å². The van der Waals surface area contributed by atoms with Crippen LogP contribution in [0.2, 0.25) is 0 Å². The van der Waals surface area contributed by atoms with Crippen molar-refractivity contribution in [2.75, 3.05) is 7.05 Å². The number of carbonyl (C=O) groups is 1. The van der Waals surface area contributed by atoms with Gasteiger partial charge in [-0.1, -0.05) is 42.8 Å². The molecule has 2 N–H and O–H groups in total. The first-order chi connectivity index (χ1) is 13.2. The molecule has 0 aliphatic carbocycles. The average Bonchev–Trinajstić information content (AvgIpc) is 3.17. The van der Waals surface area contributed by atoms with E-state index in [1.807, 2.05) is 30.3 Å². The zero-order chi connectivity index (χ0) is 19.5. The number of carbonyl (C=O) groups excluding carboxylic acids is 1. The maximum absolute atomic E-state index is 11.7. The van der Waals surface area contributed by atoms with E-state index in [1.165, 1.54) is 0 Å². The highest BCUT2D eigenvalue weighted by molar-refractivity contribution is 6.09. The number of aromatic nitrogens is 1. The quantitative estimate of drug-likeness (QED) is 0.443. The first-order valence-electron chi connectivity index (χ1n) is 9.60. The zero-order valence-corrected chi connectivity index (χ0v) is 16.3. The monoisotopic (exact) mass is 369 g/mol. The van der Waals surface area contributed by atoms with Gasteiger partial charge in [0.1, 0.15) is 17.2 Å². The topological polar surface area (TPSA) is 81.5 Å². The van der Waals surface area contributed by atoms with Gasteiger partial charge in [0, 0.05) is 57.4 Å². The van der Waals surface area contributed by atoms with Gasteiger partial charge in [-0.25, -0.2) is 0 Å². The Morgan fingerprint density at radius 3 is 2.63 bits per heavy atom. The fourth-order valence-electron chi connectivity index (χ4n) is 2.87. The number of aryl methyl sites for hydroxylation is 1. The molecule has 2 rings (SSSR count). The molecule has 1 aromatic heterocycles. The summed E-state index contributed by atoms with van der Waals surface area (Å²) in [4.78, 5) is 15.7. The summed E-state index contributed by atoms with van der Waals surface area (Å²) >= 11 is 0. The van der Waals surface area contributed by atoms with Crippen molar-refractivity contribution in [3.63, 3.8) is 0 Å². The van der Waals surface area contributed by atoms with Crippen LogP contribution in [0.3, 0.4) is 0 Å². The summed E-state index contributed by atoms with van der Waals surface area (Å²) in [7, 11) is 1.72. The number of nitrogens with two attached hydrogens (primary N) is 1. The molecule has 0 radical (unpaired) electrons. The van der Waals surface area contributed by atoms with Crippen molar-refractivity contribution >= 4 is 17.6 Å². The highest BCUT2D eigenvalue weighted by Crippen LogP contribution is 2.22. The number of rotatable bonds is 11. The van der Waals surface area contributed by atoms with E-state index in [1.54, 1.807) is 19.5 Å². The Bertz CT molecular complexity index is 779. The number of nitrogens with zero attached hydrogens (tertiary/aromatic N) is 2. The SMILES string of the molecule is CCCCC(=O)CCCCc1cc(-c2ccc(/C(C=NC)=C/N)cc2)no1.[HH]. The molecule has 0 saturated heterocycles. The minimum Gasteiger partial charge on any atom is -0.404 e. The number of hydrogen-bond acceptors (Lipinski definition) is 5. The number of unbranched alkanes of at least 4 members (excludes halogenated alkanes) is 2. The van der Waals surface area contributed by atoms with Crippen LogP contribution in [0.25, 0.3) is 16.8 Å². The Morgan fingerprint density at radius 1 is 1.22 bits per heavy atom. The van der Waals surface area contributed by atoms with Gasteiger partial charge >= 0.3 is 0 Å². The van der Waals surface area contributed by atoms with Crippen molar-refractivity contribution in [1.82, 2.24) is 5.16 Å². The molecule has 0 unspecified atom stereocenters. The summed E-state index contributed by atoms with van der Waals surface area (Å²) in [6.07, 6.45) is 9.37. The number of allylic oxidation sites excluding steroid dienone is 1. The van der Waals surface area contributed by atoms with Gasteiger partial charge in [0.25, 0.3) is 0 Å². The van der Waals surface area contributed by atoms with Crippen LogP contribution >= 0.6 is 0 Å². The number of benzene rings is 1. The molecule has 2 aromatic rings.